The van der Waals surface area contributed by atoms with E-state index >= 15 is 0 Å². The van der Waals surface area contributed by atoms with Crippen molar-refractivity contribution in [3.63, 3.8) is 0 Å². The molecule has 0 aliphatic rings. The molecule has 0 N–H and O–H groups in total. The smallest absolute Gasteiger partial charge is 0.213 e. The van der Waals surface area contributed by atoms with Gasteiger partial charge in [0.15, 0.2) is 0 Å². The lowest BCUT2D eigenvalue weighted by molar-refractivity contribution is 0.645. The van der Waals surface area contributed by atoms with Gasteiger partial charge in [-0.25, -0.2) is 0 Å². The highest BCUT2D eigenvalue weighted by atomic mass is 32.1. The molecular formula is C50H28N2O2S. The monoisotopic (exact) mass is 720 g/mol. The summed E-state index contributed by atoms with van der Waals surface area (Å²) in [5.41, 5.74) is 11.5. The maximum Gasteiger partial charge on any atom is 0.213 e. The lowest BCUT2D eigenvalue weighted by Crippen LogP contribution is -1.93. The predicted molar refractivity (Wildman–Crippen MR) is 230 cm³/mol. The Balaban J connectivity index is 1.08. The number of benzene rings is 8. The van der Waals surface area contributed by atoms with Crippen LogP contribution in [0.15, 0.2) is 179 Å². The zero-order chi connectivity index (χ0) is 35.8. The second kappa shape index (κ2) is 10.8. The number of hydrogen-bond acceptors (Lipinski definition) is 3. The molecule has 0 spiro atoms. The van der Waals surface area contributed by atoms with Crippen LogP contribution in [-0.4, -0.2) is 9.13 Å². The van der Waals surface area contributed by atoms with E-state index in [0.29, 0.717) is 0 Å². The summed E-state index contributed by atoms with van der Waals surface area (Å²) >= 11 is 1.85. The fourth-order valence-corrected chi connectivity index (χ4v) is 10.1. The van der Waals surface area contributed by atoms with Crippen LogP contribution in [0.3, 0.4) is 0 Å². The van der Waals surface area contributed by atoms with Crippen molar-refractivity contribution in [3.05, 3.63) is 170 Å². The van der Waals surface area contributed by atoms with Crippen molar-refractivity contribution in [2.45, 2.75) is 0 Å². The lowest BCUT2D eigenvalue weighted by Gasteiger charge is -2.10. The SMILES string of the molecule is c1ccc(-n2c3ccc(-c4ccc5c(c4)c4cc6c(cc4n5-c4ccc5sc7ccccc7c5c4)oc4ccccc46)cc3c3c4ccccc4oc32)cc1. The Morgan fingerprint density at radius 2 is 1.00 bits per heavy atom. The number of fused-ring (bicyclic) bond motifs is 14. The molecule has 0 saturated carbocycles. The number of aromatic nitrogens is 2. The number of thiophene rings is 1. The summed E-state index contributed by atoms with van der Waals surface area (Å²) in [6, 6.07) is 61.2. The van der Waals surface area contributed by atoms with Gasteiger partial charge in [0.05, 0.1) is 21.9 Å². The fourth-order valence-electron chi connectivity index (χ4n) is 9.05. The van der Waals surface area contributed by atoms with Crippen LogP contribution in [0.25, 0.3) is 119 Å². The first-order chi connectivity index (χ1) is 27.2. The second-order valence-corrected chi connectivity index (χ2v) is 15.6. The Labute approximate surface area is 317 Å². The van der Waals surface area contributed by atoms with Crippen LogP contribution < -0.4 is 0 Å². The van der Waals surface area contributed by atoms with Crippen LogP contribution in [0, 0.1) is 0 Å². The van der Waals surface area contributed by atoms with Gasteiger partial charge in [-0.3, -0.25) is 4.57 Å². The third-order valence-corrected chi connectivity index (χ3v) is 12.7. The molecule has 13 rings (SSSR count). The van der Waals surface area contributed by atoms with Gasteiger partial charge in [-0.05, 0) is 90.0 Å². The molecule has 0 aliphatic heterocycles. The van der Waals surface area contributed by atoms with Crippen LogP contribution in [-0.2, 0) is 0 Å². The van der Waals surface area contributed by atoms with Gasteiger partial charge < -0.3 is 13.4 Å². The minimum Gasteiger partial charge on any atom is -0.456 e. The minimum absolute atomic E-state index is 0.866. The number of nitrogens with zero attached hydrogens (tertiary/aromatic N) is 2. The average Bonchev–Trinajstić information content (AvgIpc) is 4.03. The first-order valence-corrected chi connectivity index (χ1v) is 19.4. The highest BCUT2D eigenvalue weighted by molar-refractivity contribution is 7.25. The van der Waals surface area contributed by atoms with Gasteiger partial charge in [-0.15, -0.1) is 11.3 Å². The van der Waals surface area contributed by atoms with Crippen LogP contribution in [0.2, 0.25) is 0 Å². The summed E-state index contributed by atoms with van der Waals surface area (Å²) in [5.74, 6) is 0. The van der Waals surface area contributed by atoms with E-state index in [2.05, 4.69) is 167 Å². The van der Waals surface area contributed by atoms with Gasteiger partial charge in [0, 0.05) is 69.9 Å². The van der Waals surface area contributed by atoms with Gasteiger partial charge in [-0.2, -0.15) is 0 Å². The van der Waals surface area contributed by atoms with Crippen molar-refractivity contribution in [1.29, 1.82) is 0 Å². The molecular weight excluding hydrogens is 693 g/mol. The summed E-state index contributed by atoms with van der Waals surface area (Å²) in [4.78, 5) is 0. The van der Waals surface area contributed by atoms with Crippen molar-refractivity contribution < 1.29 is 8.83 Å². The maximum absolute atomic E-state index is 6.58. The number of furan rings is 2. The third kappa shape index (κ3) is 4.05. The van der Waals surface area contributed by atoms with Crippen molar-refractivity contribution in [1.82, 2.24) is 9.13 Å². The van der Waals surface area contributed by atoms with E-state index in [1.54, 1.807) is 0 Å². The quantitative estimate of drug-likeness (QED) is 0.182. The molecule has 0 unspecified atom stereocenters. The van der Waals surface area contributed by atoms with Gasteiger partial charge in [0.2, 0.25) is 5.71 Å². The molecule has 5 heterocycles. The minimum atomic E-state index is 0.866. The van der Waals surface area contributed by atoms with Crippen molar-refractivity contribution in [3.8, 4) is 22.5 Å². The zero-order valence-corrected chi connectivity index (χ0v) is 30.1. The van der Waals surface area contributed by atoms with Crippen LogP contribution in [0.4, 0.5) is 0 Å². The van der Waals surface area contributed by atoms with E-state index in [-0.39, 0.29) is 0 Å². The van der Waals surface area contributed by atoms with Crippen LogP contribution in [0.5, 0.6) is 0 Å². The third-order valence-electron chi connectivity index (χ3n) is 11.5. The average molecular weight is 721 g/mol. The standard InChI is InChI=1S/C50H28N2O2S/c1-2-10-31(11-3-1)52-42-22-19-30(25-40(42)49-35-14-5-8-16-45(35)54-50(49)52)29-18-21-41-36(24-29)37-27-38-33-12-4-7-15-44(33)53-46(38)28-43(37)51(41)32-20-23-48-39(26-32)34-13-6-9-17-47(34)55-48/h1-28H. The summed E-state index contributed by atoms with van der Waals surface area (Å²) in [5, 5.41) is 10.7. The van der Waals surface area contributed by atoms with Crippen molar-refractivity contribution >= 4 is 108 Å². The number of para-hydroxylation sites is 3. The molecule has 0 amide bonds. The first kappa shape index (κ1) is 29.4. The zero-order valence-electron chi connectivity index (χ0n) is 29.3. The highest BCUT2D eigenvalue weighted by Crippen LogP contribution is 2.44. The van der Waals surface area contributed by atoms with Gasteiger partial charge in [0.25, 0.3) is 0 Å². The van der Waals surface area contributed by atoms with E-state index in [9.17, 15) is 0 Å². The number of rotatable bonds is 3. The first-order valence-electron chi connectivity index (χ1n) is 18.6. The molecule has 5 heteroatoms. The Kier molecular flexibility index (Phi) is 5.74. The molecule has 0 atom stereocenters. The molecule has 5 aromatic heterocycles. The van der Waals surface area contributed by atoms with E-state index in [4.69, 9.17) is 8.83 Å². The summed E-state index contributed by atoms with van der Waals surface area (Å²) in [7, 11) is 0. The van der Waals surface area contributed by atoms with Crippen molar-refractivity contribution in [2.24, 2.45) is 0 Å². The second-order valence-electron chi connectivity index (χ2n) is 14.5. The molecule has 0 radical (unpaired) electrons. The maximum atomic E-state index is 6.58. The molecule has 55 heavy (non-hydrogen) atoms. The van der Waals surface area contributed by atoms with E-state index in [0.717, 1.165) is 77.5 Å². The van der Waals surface area contributed by atoms with Crippen molar-refractivity contribution in [2.75, 3.05) is 0 Å². The Bertz CT molecular complexity index is 3720. The molecule has 0 bridgehead atoms. The molecule has 256 valence electrons. The van der Waals surface area contributed by atoms with E-state index in [1.165, 1.54) is 41.9 Å². The molecule has 13 aromatic rings. The molecule has 0 saturated heterocycles. The van der Waals surface area contributed by atoms with Crippen LogP contribution >= 0.6 is 11.3 Å². The van der Waals surface area contributed by atoms with Gasteiger partial charge >= 0.3 is 0 Å². The Morgan fingerprint density at radius 1 is 0.345 bits per heavy atom. The Hall–Kier alpha value is -7.08. The summed E-state index contributed by atoms with van der Waals surface area (Å²) < 4.78 is 20.3. The lowest BCUT2D eigenvalue weighted by atomic mass is 10.00. The van der Waals surface area contributed by atoms with E-state index < -0.39 is 0 Å². The molecule has 4 nitrogen and oxygen atoms in total. The molecule has 8 aromatic carbocycles. The van der Waals surface area contributed by atoms with Gasteiger partial charge in [0.1, 0.15) is 16.7 Å². The van der Waals surface area contributed by atoms with Crippen LogP contribution in [0.1, 0.15) is 0 Å². The summed E-state index contributed by atoms with van der Waals surface area (Å²) in [6.45, 7) is 0. The normalized spacial score (nSPS) is 12.4. The van der Waals surface area contributed by atoms with Gasteiger partial charge in [-0.1, -0.05) is 84.9 Å². The molecule has 0 fully saturated rings. The largest absolute Gasteiger partial charge is 0.456 e. The molecule has 0 aliphatic carbocycles. The highest BCUT2D eigenvalue weighted by Gasteiger charge is 2.21. The summed E-state index contributed by atoms with van der Waals surface area (Å²) in [6.07, 6.45) is 0. The fraction of sp³-hybridized carbons (Fsp3) is 0. The Morgan fingerprint density at radius 3 is 1.84 bits per heavy atom. The predicted octanol–water partition coefficient (Wildman–Crippen LogP) is 14.6. The topological polar surface area (TPSA) is 36.1 Å². The van der Waals surface area contributed by atoms with E-state index in [1.807, 2.05) is 23.5 Å². The number of hydrogen-bond donors (Lipinski definition) is 0.